The zero-order valence-corrected chi connectivity index (χ0v) is 18.9. The van der Waals surface area contributed by atoms with Gasteiger partial charge in [-0.3, -0.25) is 4.79 Å². The van der Waals surface area contributed by atoms with Gasteiger partial charge in [-0.1, -0.05) is 38.0 Å². The van der Waals surface area contributed by atoms with Gasteiger partial charge in [0.1, 0.15) is 0 Å². The van der Waals surface area contributed by atoms with E-state index in [2.05, 4.69) is 6.92 Å². The van der Waals surface area contributed by atoms with Crippen LogP contribution >= 0.6 is 0 Å². The summed E-state index contributed by atoms with van der Waals surface area (Å²) in [6, 6.07) is 11.2. The Kier molecular flexibility index (Phi) is 10.5. The summed E-state index contributed by atoms with van der Waals surface area (Å²) in [5.41, 5.74) is 2.10. The van der Waals surface area contributed by atoms with Crippen molar-refractivity contribution in [1.29, 1.82) is 0 Å². The highest BCUT2D eigenvalue weighted by molar-refractivity contribution is 5.89. The van der Waals surface area contributed by atoms with Crippen molar-refractivity contribution in [2.45, 2.75) is 51.9 Å². The fourth-order valence-corrected chi connectivity index (χ4v) is 3.21. The molecule has 5 nitrogen and oxygen atoms in total. The first kappa shape index (κ1) is 24.3. The summed E-state index contributed by atoms with van der Waals surface area (Å²) >= 11 is 0. The Morgan fingerprint density at radius 1 is 0.935 bits per heavy atom. The third-order valence-corrected chi connectivity index (χ3v) is 5.04. The van der Waals surface area contributed by atoms with Gasteiger partial charge < -0.3 is 19.3 Å². The molecule has 0 aromatic heterocycles. The normalized spacial score (nSPS) is 10.9. The van der Waals surface area contributed by atoms with Crippen LogP contribution in [0.4, 0.5) is 0 Å². The number of phenolic OH excluding ortho intramolecular Hbond substituents is 1. The molecule has 0 spiro atoms. The first-order valence-corrected chi connectivity index (χ1v) is 10.9. The lowest BCUT2D eigenvalue weighted by Crippen LogP contribution is -2.00. The molecule has 0 atom stereocenters. The van der Waals surface area contributed by atoms with Crippen molar-refractivity contribution in [2.75, 3.05) is 20.8 Å². The molecule has 0 saturated carbocycles. The molecule has 0 aliphatic rings. The zero-order chi connectivity index (χ0) is 22.5. The van der Waals surface area contributed by atoms with Crippen LogP contribution in [-0.4, -0.2) is 31.7 Å². The van der Waals surface area contributed by atoms with Gasteiger partial charge in [0.05, 0.1) is 20.8 Å². The molecule has 0 fully saturated rings. The van der Waals surface area contributed by atoms with Gasteiger partial charge in [-0.15, -0.1) is 0 Å². The quantitative estimate of drug-likeness (QED) is 0.311. The van der Waals surface area contributed by atoms with E-state index in [1.807, 2.05) is 24.3 Å². The average molecular weight is 427 g/mol. The Morgan fingerprint density at radius 3 is 2.39 bits per heavy atom. The number of allylic oxidation sites excluding steroid dienone is 2. The molecule has 2 aromatic rings. The van der Waals surface area contributed by atoms with Crippen molar-refractivity contribution in [2.24, 2.45) is 0 Å². The highest BCUT2D eigenvalue weighted by Crippen LogP contribution is 2.29. The maximum atomic E-state index is 12.1. The van der Waals surface area contributed by atoms with Gasteiger partial charge in [-0.25, -0.2) is 0 Å². The number of hydrogen-bond acceptors (Lipinski definition) is 5. The predicted octanol–water partition coefficient (Wildman–Crippen LogP) is 5.67. The summed E-state index contributed by atoms with van der Waals surface area (Å²) in [6.07, 6.45) is 9.57. The first-order valence-electron chi connectivity index (χ1n) is 10.9. The SMILES string of the molecule is CCCCCOc1ccc(CC/C=C/C(=O)CCc2ccc(O)c(OC)c2)cc1OC. The molecule has 0 heterocycles. The van der Waals surface area contributed by atoms with Gasteiger partial charge in [0.15, 0.2) is 28.8 Å². The van der Waals surface area contributed by atoms with Crippen LogP contribution in [0.2, 0.25) is 0 Å². The number of benzene rings is 2. The maximum Gasteiger partial charge on any atom is 0.161 e. The lowest BCUT2D eigenvalue weighted by atomic mass is 10.1. The number of methoxy groups -OCH3 is 2. The minimum absolute atomic E-state index is 0.0837. The van der Waals surface area contributed by atoms with Crippen LogP contribution in [0.15, 0.2) is 48.6 Å². The van der Waals surface area contributed by atoms with Crippen LogP contribution < -0.4 is 14.2 Å². The molecule has 31 heavy (non-hydrogen) atoms. The fraction of sp³-hybridized carbons (Fsp3) is 0.423. The summed E-state index contributed by atoms with van der Waals surface area (Å²) in [6.45, 7) is 2.87. The van der Waals surface area contributed by atoms with Crippen LogP contribution in [0.5, 0.6) is 23.0 Å². The Hall–Kier alpha value is -2.95. The number of carbonyl (C=O) groups is 1. The van der Waals surface area contributed by atoms with E-state index in [-0.39, 0.29) is 11.5 Å². The molecular formula is C26H34O5. The predicted molar refractivity (Wildman–Crippen MR) is 123 cm³/mol. The Labute approximate surface area is 185 Å². The first-order chi connectivity index (χ1) is 15.1. The minimum atomic E-state index is 0.0837. The van der Waals surface area contributed by atoms with Gasteiger partial charge in [-0.05, 0) is 67.2 Å². The molecule has 0 bridgehead atoms. The molecule has 0 amide bonds. The van der Waals surface area contributed by atoms with Crippen LogP contribution in [-0.2, 0) is 17.6 Å². The Bertz CT molecular complexity index is 857. The third-order valence-electron chi connectivity index (χ3n) is 5.04. The summed E-state index contributed by atoms with van der Waals surface area (Å²) in [5, 5.41) is 9.64. The molecule has 2 aromatic carbocycles. The molecule has 0 aliphatic heterocycles. The van der Waals surface area contributed by atoms with Gasteiger partial charge in [-0.2, -0.15) is 0 Å². The molecular weight excluding hydrogens is 392 g/mol. The summed E-state index contributed by atoms with van der Waals surface area (Å²) in [4.78, 5) is 12.1. The number of rotatable bonds is 14. The monoisotopic (exact) mass is 426 g/mol. The van der Waals surface area contributed by atoms with E-state index in [1.54, 1.807) is 31.4 Å². The van der Waals surface area contributed by atoms with Crippen molar-refractivity contribution >= 4 is 5.78 Å². The number of aryl methyl sites for hydroxylation is 2. The molecule has 0 aliphatic carbocycles. The van der Waals surface area contributed by atoms with E-state index in [4.69, 9.17) is 14.2 Å². The molecule has 0 unspecified atom stereocenters. The molecule has 0 saturated heterocycles. The van der Waals surface area contributed by atoms with Gasteiger partial charge in [0, 0.05) is 6.42 Å². The number of aromatic hydroxyl groups is 1. The number of carbonyl (C=O) groups excluding carboxylic acids is 1. The summed E-state index contributed by atoms with van der Waals surface area (Å²) < 4.78 is 16.4. The number of unbranched alkanes of at least 4 members (excludes halogenated alkanes) is 2. The Balaban J connectivity index is 1.78. The van der Waals surface area contributed by atoms with Gasteiger partial charge in [0.25, 0.3) is 0 Å². The highest BCUT2D eigenvalue weighted by Gasteiger charge is 2.06. The second-order valence-electron chi connectivity index (χ2n) is 7.45. The third kappa shape index (κ3) is 8.36. The lowest BCUT2D eigenvalue weighted by molar-refractivity contribution is -0.114. The number of hydrogen-bond donors (Lipinski definition) is 1. The fourth-order valence-electron chi connectivity index (χ4n) is 3.21. The lowest BCUT2D eigenvalue weighted by Gasteiger charge is -2.12. The molecule has 1 N–H and O–H groups in total. The van der Waals surface area contributed by atoms with Crippen LogP contribution in [0.1, 0.15) is 50.2 Å². The van der Waals surface area contributed by atoms with Crippen molar-refractivity contribution in [3.8, 4) is 23.0 Å². The van der Waals surface area contributed by atoms with Gasteiger partial charge in [0.2, 0.25) is 0 Å². The zero-order valence-electron chi connectivity index (χ0n) is 18.9. The summed E-state index contributed by atoms with van der Waals surface area (Å²) in [7, 11) is 3.16. The van der Waals surface area contributed by atoms with E-state index in [0.717, 1.165) is 48.3 Å². The molecule has 2 rings (SSSR count). The maximum absolute atomic E-state index is 12.1. The highest BCUT2D eigenvalue weighted by atomic mass is 16.5. The van der Waals surface area contributed by atoms with Gasteiger partial charge >= 0.3 is 0 Å². The number of ketones is 1. The second-order valence-corrected chi connectivity index (χ2v) is 7.45. The topological polar surface area (TPSA) is 65.0 Å². The van der Waals surface area contributed by atoms with E-state index in [0.29, 0.717) is 25.2 Å². The standard InChI is InChI=1S/C26H34O5/c1-4-5-8-17-31-24-16-13-20(19-26(24)30-3)9-6-7-10-22(27)14-11-21-12-15-23(28)25(18-21)29-2/h7,10,12-13,15-16,18-19,28H,4-6,8-9,11,14,17H2,1-3H3/b10-7+. The molecule has 168 valence electrons. The van der Waals surface area contributed by atoms with E-state index < -0.39 is 0 Å². The average Bonchev–Trinajstić information content (AvgIpc) is 2.79. The van der Waals surface area contributed by atoms with Crippen molar-refractivity contribution in [3.05, 3.63) is 59.7 Å². The van der Waals surface area contributed by atoms with Crippen LogP contribution in [0.25, 0.3) is 0 Å². The van der Waals surface area contributed by atoms with Crippen molar-refractivity contribution < 1.29 is 24.1 Å². The minimum Gasteiger partial charge on any atom is -0.504 e. The smallest absolute Gasteiger partial charge is 0.161 e. The van der Waals surface area contributed by atoms with Crippen LogP contribution in [0.3, 0.4) is 0 Å². The van der Waals surface area contributed by atoms with E-state index in [1.165, 1.54) is 13.5 Å². The molecule has 0 radical (unpaired) electrons. The summed E-state index contributed by atoms with van der Waals surface area (Å²) in [5.74, 6) is 2.14. The van der Waals surface area contributed by atoms with E-state index in [9.17, 15) is 9.90 Å². The second kappa shape index (κ2) is 13.4. The van der Waals surface area contributed by atoms with Crippen molar-refractivity contribution in [3.63, 3.8) is 0 Å². The largest absolute Gasteiger partial charge is 0.504 e. The van der Waals surface area contributed by atoms with Crippen molar-refractivity contribution in [1.82, 2.24) is 0 Å². The number of ether oxygens (including phenoxy) is 3. The molecule has 5 heteroatoms. The number of phenols is 1. The van der Waals surface area contributed by atoms with Crippen LogP contribution in [0, 0.1) is 0 Å². The Morgan fingerprint density at radius 2 is 1.65 bits per heavy atom. The van der Waals surface area contributed by atoms with E-state index >= 15 is 0 Å².